The number of nitrogens with zero attached hydrogens (tertiary/aromatic N) is 8. The van der Waals surface area contributed by atoms with Crippen LogP contribution in [0.15, 0.2) is 31.8 Å². The van der Waals surface area contributed by atoms with Gasteiger partial charge in [0.1, 0.15) is 6.73 Å². The molecule has 0 aromatic carbocycles. The van der Waals surface area contributed by atoms with E-state index in [1.807, 2.05) is 0 Å². The van der Waals surface area contributed by atoms with Crippen LogP contribution >= 0.6 is 0 Å². The van der Waals surface area contributed by atoms with Crippen molar-refractivity contribution in [3.8, 4) is 0 Å². The maximum atomic E-state index is 11.7. The molecular weight excluding hydrogens is 384 g/mol. The summed E-state index contributed by atoms with van der Waals surface area (Å²) in [5.74, 6) is 0. The van der Waals surface area contributed by atoms with E-state index in [4.69, 9.17) is 5.11 Å². The number of aromatic nitrogens is 8. The van der Waals surface area contributed by atoms with Gasteiger partial charge in [-0.15, -0.1) is 0 Å². The molecule has 1 N–H and O–H groups in total. The largest absolute Gasteiger partial charge is 0.376 e. The van der Waals surface area contributed by atoms with E-state index in [0.717, 1.165) is 9.13 Å². The van der Waals surface area contributed by atoms with E-state index >= 15 is 0 Å². The van der Waals surface area contributed by atoms with Crippen molar-refractivity contribution in [3.05, 3.63) is 54.3 Å². The van der Waals surface area contributed by atoms with Crippen molar-refractivity contribution < 1.29 is 5.11 Å². The fourth-order valence-electron chi connectivity index (χ4n) is 2.99. The van der Waals surface area contributed by atoms with Crippen molar-refractivity contribution >= 4 is 22.3 Å². The minimum absolute atomic E-state index is 0.297. The zero-order chi connectivity index (χ0) is 21.6. The van der Waals surface area contributed by atoms with Crippen LogP contribution < -0.4 is 22.5 Å². The van der Waals surface area contributed by atoms with E-state index in [1.165, 1.54) is 40.5 Å². The topological polar surface area (TPSA) is 144 Å². The van der Waals surface area contributed by atoms with Gasteiger partial charge < -0.3 is 14.2 Å². The van der Waals surface area contributed by atoms with Gasteiger partial charge in [0, 0.05) is 35.2 Å². The van der Waals surface area contributed by atoms with Gasteiger partial charge in [-0.2, -0.15) is 0 Å². The summed E-state index contributed by atoms with van der Waals surface area (Å²) >= 11 is 0. The normalized spacial score (nSPS) is 11.1. The zero-order valence-corrected chi connectivity index (χ0v) is 16.5. The SMILES string of the molecule is Cn1c(=O)c2c(ncn2C)n(C)c1=O.Cn1cnc2c1c(=O)n(CO)c(=O)n2C. The molecule has 154 valence electrons. The summed E-state index contributed by atoms with van der Waals surface area (Å²) in [6.07, 6.45) is 2.97. The second-order valence-electron chi connectivity index (χ2n) is 6.48. The molecule has 4 aromatic heterocycles. The van der Waals surface area contributed by atoms with E-state index in [-0.39, 0.29) is 11.2 Å². The summed E-state index contributed by atoms with van der Waals surface area (Å²) in [5, 5.41) is 8.93. The van der Waals surface area contributed by atoms with Gasteiger partial charge in [-0.3, -0.25) is 23.3 Å². The Morgan fingerprint density at radius 3 is 1.66 bits per heavy atom. The summed E-state index contributed by atoms with van der Waals surface area (Å²) < 4.78 is 7.54. The van der Waals surface area contributed by atoms with Crippen LogP contribution in [-0.2, 0) is 42.0 Å². The van der Waals surface area contributed by atoms with Crippen LogP contribution in [0.3, 0.4) is 0 Å². The number of rotatable bonds is 1. The van der Waals surface area contributed by atoms with Gasteiger partial charge in [0.05, 0.1) is 12.7 Å². The lowest BCUT2D eigenvalue weighted by atomic mass is 10.5. The van der Waals surface area contributed by atoms with Gasteiger partial charge in [-0.1, -0.05) is 0 Å². The van der Waals surface area contributed by atoms with E-state index in [0.29, 0.717) is 22.3 Å². The molecule has 0 fully saturated rings. The maximum Gasteiger partial charge on any atom is 0.334 e. The minimum Gasteiger partial charge on any atom is -0.376 e. The Bertz CT molecular complexity index is 1480. The third-order valence-electron chi connectivity index (χ3n) is 4.66. The second-order valence-corrected chi connectivity index (χ2v) is 6.48. The Hall–Kier alpha value is -3.74. The van der Waals surface area contributed by atoms with Crippen molar-refractivity contribution in [1.29, 1.82) is 0 Å². The summed E-state index contributed by atoms with van der Waals surface area (Å²) in [6.45, 7) is -0.632. The molecule has 0 saturated heterocycles. The van der Waals surface area contributed by atoms with Crippen LogP contribution in [0.5, 0.6) is 0 Å². The van der Waals surface area contributed by atoms with Gasteiger partial charge in [-0.25, -0.2) is 24.1 Å². The molecule has 0 aliphatic heterocycles. The Morgan fingerprint density at radius 1 is 0.724 bits per heavy atom. The van der Waals surface area contributed by atoms with Crippen molar-refractivity contribution in [2.24, 2.45) is 35.2 Å². The summed E-state index contributed by atoms with van der Waals surface area (Å²) in [6, 6.07) is 0. The average Bonchev–Trinajstić information content (AvgIpc) is 3.27. The van der Waals surface area contributed by atoms with Crippen molar-refractivity contribution in [2.75, 3.05) is 0 Å². The van der Waals surface area contributed by atoms with Crippen molar-refractivity contribution in [2.45, 2.75) is 6.73 Å². The minimum atomic E-state index is -0.632. The molecule has 4 aromatic rings. The molecule has 13 nitrogen and oxygen atoms in total. The molecule has 0 bridgehead atoms. The first-order valence-corrected chi connectivity index (χ1v) is 8.40. The van der Waals surface area contributed by atoms with Gasteiger partial charge in [-0.05, 0) is 0 Å². The third-order valence-corrected chi connectivity index (χ3v) is 4.66. The molecule has 0 radical (unpaired) electrons. The van der Waals surface area contributed by atoms with Gasteiger partial charge >= 0.3 is 11.4 Å². The van der Waals surface area contributed by atoms with Crippen LogP contribution in [0.1, 0.15) is 0 Å². The average molecular weight is 404 g/mol. The summed E-state index contributed by atoms with van der Waals surface area (Å²) in [7, 11) is 7.93. The Kier molecular flexibility index (Phi) is 4.84. The van der Waals surface area contributed by atoms with Crippen LogP contribution in [0, 0.1) is 0 Å². The zero-order valence-electron chi connectivity index (χ0n) is 16.5. The quantitative estimate of drug-likeness (QED) is 0.365. The Balaban J connectivity index is 0.000000166. The molecule has 4 heterocycles. The summed E-state index contributed by atoms with van der Waals surface area (Å²) in [4.78, 5) is 54.4. The second kappa shape index (κ2) is 7.01. The molecule has 0 aliphatic carbocycles. The Morgan fingerprint density at radius 2 is 1.17 bits per heavy atom. The monoisotopic (exact) mass is 404 g/mol. The molecule has 29 heavy (non-hydrogen) atoms. The molecule has 0 atom stereocenters. The predicted octanol–water partition coefficient (Wildman–Crippen LogP) is -2.65. The highest BCUT2D eigenvalue weighted by molar-refractivity contribution is 5.70. The number of fused-ring (bicyclic) bond motifs is 2. The van der Waals surface area contributed by atoms with Gasteiger partial charge in [0.2, 0.25) is 0 Å². The number of hydrogen-bond acceptors (Lipinski definition) is 7. The lowest BCUT2D eigenvalue weighted by Gasteiger charge is -2.04. The van der Waals surface area contributed by atoms with E-state index < -0.39 is 18.0 Å². The molecule has 0 spiro atoms. The maximum absolute atomic E-state index is 11.7. The molecular formula is C16H20N8O5. The molecule has 4 rings (SSSR count). The molecule has 0 saturated carbocycles. The fraction of sp³-hybridized carbons (Fsp3) is 0.375. The predicted molar refractivity (Wildman–Crippen MR) is 104 cm³/mol. The molecule has 0 unspecified atom stereocenters. The van der Waals surface area contributed by atoms with E-state index in [2.05, 4.69) is 9.97 Å². The molecule has 0 amide bonds. The summed E-state index contributed by atoms with van der Waals surface area (Å²) in [5.41, 5.74) is -0.313. The lowest BCUT2D eigenvalue weighted by Crippen LogP contribution is -2.39. The third kappa shape index (κ3) is 2.91. The van der Waals surface area contributed by atoms with Gasteiger partial charge in [0.25, 0.3) is 11.1 Å². The van der Waals surface area contributed by atoms with Gasteiger partial charge in [0.15, 0.2) is 22.3 Å². The number of imidazole rings is 2. The highest BCUT2D eigenvalue weighted by Gasteiger charge is 2.14. The molecule has 0 aliphatic rings. The van der Waals surface area contributed by atoms with Crippen LogP contribution in [0.25, 0.3) is 22.3 Å². The highest BCUT2D eigenvalue weighted by atomic mass is 16.3. The first-order valence-electron chi connectivity index (χ1n) is 8.40. The van der Waals surface area contributed by atoms with E-state index in [1.54, 1.807) is 25.7 Å². The van der Waals surface area contributed by atoms with Crippen molar-refractivity contribution in [1.82, 2.24) is 37.4 Å². The molecule has 13 heteroatoms. The first-order chi connectivity index (χ1) is 13.6. The van der Waals surface area contributed by atoms with Crippen molar-refractivity contribution in [3.63, 3.8) is 0 Å². The fourth-order valence-corrected chi connectivity index (χ4v) is 2.99. The Labute approximate surface area is 161 Å². The highest BCUT2D eigenvalue weighted by Crippen LogP contribution is 2.02. The van der Waals surface area contributed by atoms with Crippen LogP contribution in [-0.4, -0.2) is 42.5 Å². The number of aliphatic hydroxyl groups is 1. The number of hydrogen-bond donors (Lipinski definition) is 1. The van der Waals surface area contributed by atoms with E-state index in [9.17, 15) is 19.2 Å². The van der Waals surface area contributed by atoms with Crippen LogP contribution in [0.4, 0.5) is 0 Å². The number of aliphatic hydroxyl groups excluding tert-OH is 1. The lowest BCUT2D eigenvalue weighted by molar-refractivity contribution is 0.199. The number of aryl methyl sites for hydroxylation is 4. The standard InChI is InChI=1S/C8H10N4O3.C8H10N4O2/c1-10-3-9-6-5(10)7(14)12(4-13)8(15)11(6)2;1-10-4-9-6-5(10)7(13)12(3)8(14)11(6)2/h3,13H,4H2,1-2H3;4H,1-3H3. The first kappa shape index (κ1) is 20.0. The smallest absolute Gasteiger partial charge is 0.334 e. The van der Waals surface area contributed by atoms with Crippen LogP contribution in [0.2, 0.25) is 0 Å².